The highest BCUT2D eigenvalue weighted by Crippen LogP contribution is 2.62. The Bertz CT molecular complexity index is 467. The molecule has 1 N–H and O–H groups in total. The molecule has 1 aromatic carbocycles. The lowest BCUT2D eigenvalue weighted by Crippen LogP contribution is -2.05. The van der Waals surface area contributed by atoms with Crippen LogP contribution in [0.4, 0.5) is 0 Å². The highest BCUT2D eigenvalue weighted by atomic mass is 79.9. The van der Waals surface area contributed by atoms with Gasteiger partial charge in [-0.2, -0.15) is 0 Å². The van der Waals surface area contributed by atoms with Crippen molar-refractivity contribution in [2.75, 3.05) is 0 Å². The van der Waals surface area contributed by atoms with Crippen LogP contribution in [0.5, 0.6) is 0 Å². The number of hydrogen-bond donors (Lipinski definition) is 1. The van der Waals surface area contributed by atoms with Crippen LogP contribution in [0.25, 0.3) is 0 Å². The normalized spacial score (nSPS) is 30.9. The summed E-state index contributed by atoms with van der Waals surface area (Å²) in [5, 5.41) is 9.02. The van der Waals surface area contributed by atoms with Gasteiger partial charge in [0.15, 0.2) is 0 Å². The quantitative estimate of drug-likeness (QED) is 0.849. The van der Waals surface area contributed by atoms with Gasteiger partial charge in [0.1, 0.15) is 0 Å². The van der Waals surface area contributed by atoms with E-state index in [2.05, 4.69) is 35.0 Å². The Labute approximate surface area is 96.4 Å². The van der Waals surface area contributed by atoms with E-state index in [0.717, 1.165) is 10.9 Å². The summed E-state index contributed by atoms with van der Waals surface area (Å²) in [6.45, 7) is 2.07. The number of carbonyl (C=O) groups is 1. The maximum absolute atomic E-state index is 11.0. The van der Waals surface area contributed by atoms with Gasteiger partial charge < -0.3 is 5.11 Å². The Morgan fingerprint density at radius 1 is 1.53 bits per heavy atom. The standard InChI is InChI=1S/C12H11BrO2/c1-5-2-7(13)3-6-4-8-10(9(5)6)11(8)12(14)15/h2-3,8,10-11H,4H2,1H3,(H,14,15)/t8-,10-,11-/m0/s1. The molecule has 3 rings (SSSR count). The maximum atomic E-state index is 11.0. The van der Waals surface area contributed by atoms with Gasteiger partial charge in [0.25, 0.3) is 0 Å². The van der Waals surface area contributed by atoms with Crippen molar-refractivity contribution in [3.05, 3.63) is 33.3 Å². The minimum atomic E-state index is -0.627. The number of halogens is 1. The van der Waals surface area contributed by atoms with Gasteiger partial charge in [0, 0.05) is 10.4 Å². The second-order valence-electron chi connectivity index (χ2n) is 4.55. The first-order chi connectivity index (χ1) is 7.09. The average Bonchev–Trinajstić information content (AvgIpc) is 2.67. The van der Waals surface area contributed by atoms with Crippen molar-refractivity contribution in [3.8, 4) is 0 Å². The molecule has 0 aromatic heterocycles. The summed E-state index contributed by atoms with van der Waals surface area (Å²) in [5.41, 5.74) is 3.88. The number of hydrogen-bond acceptors (Lipinski definition) is 1. The highest BCUT2D eigenvalue weighted by molar-refractivity contribution is 9.10. The Hall–Kier alpha value is -0.830. The predicted molar refractivity (Wildman–Crippen MR) is 59.9 cm³/mol. The molecule has 78 valence electrons. The smallest absolute Gasteiger partial charge is 0.307 e. The molecule has 0 unspecified atom stereocenters. The molecule has 0 heterocycles. The monoisotopic (exact) mass is 266 g/mol. The Balaban J connectivity index is 2.06. The van der Waals surface area contributed by atoms with Crippen LogP contribution in [0, 0.1) is 18.8 Å². The summed E-state index contributed by atoms with van der Waals surface area (Å²) in [4.78, 5) is 11.0. The first-order valence-corrected chi connectivity index (χ1v) is 5.90. The van der Waals surface area contributed by atoms with Crippen molar-refractivity contribution < 1.29 is 9.90 Å². The second-order valence-corrected chi connectivity index (χ2v) is 5.47. The number of aliphatic carboxylic acids is 1. The molecule has 0 radical (unpaired) electrons. The number of rotatable bonds is 1. The van der Waals surface area contributed by atoms with E-state index in [1.54, 1.807) is 0 Å². The zero-order chi connectivity index (χ0) is 10.7. The third-order valence-corrected chi connectivity index (χ3v) is 4.14. The van der Waals surface area contributed by atoms with Crippen LogP contribution < -0.4 is 0 Å². The van der Waals surface area contributed by atoms with Crippen LogP contribution in [0.1, 0.15) is 22.6 Å². The second kappa shape index (κ2) is 2.85. The van der Waals surface area contributed by atoms with Crippen LogP contribution in [0.2, 0.25) is 0 Å². The molecule has 0 amide bonds. The summed E-state index contributed by atoms with van der Waals surface area (Å²) in [6, 6.07) is 4.21. The SMILES string of the molecule is Cc1cc(Br)cc2c1[C@@H]1[C@H](C2)[C@@H]1C(=O)O. The van der Waals surface area contributed by atoms with E-state index in [9.17, 15) is 4.79 Å². The Morgan fingerprint density at radius 2 is 2.27 bits per heavy atom. The molecule has 0 aliphatic heterocycles. The number of carboxylic acid groups (broad SMARTS) is 1. The fraction of sp³-hybridized carbons (Fsp3) is 0.417. The minimum Gasteiger partial charge on any atom is -0.481 e. The van der Waals surface area contributed by atoms with Crippen LogP contribution >= 0.6 is 15.9 Å². The fourth-order valence-electron chi connectivity index (χ4n) is 3.08. The van der Waals surface area contributed by atoms with Crippen molar-refractivity contribution in [3.63, 3.8) is 0 Å². The molecule has 0 bridgehead atoms. The lowest BCUT2D eigenvalue weighted by Gasteiger charge is -2.09. The largest absolute Gasteiger partial charge is 0.481 e. The summed E-state index contributed by atoms with van der Waals surface area (Å²) in [5.74, 6) is -0.0774. The first-order valence-electron chi connectivity index (χ1n) is 5.11. The number of fused-ring (bicyclic) bond motifs is 3. The zero-order valence-electron chi connectivity index (χ0n) is 8.33. The molecule has 3 atom stereocenters. The fourth-order valence-corrected chi connectivity index (χ4v) is 3.70. The van der Waals surface area contributed by atoms with Gasteiger partial charge in [-0.1, -0.05) is 15.9 Å². The highest BCUT2D eigenvalue weighted by Gasteiger charge is 2.60. The first kappa shape index (κ1) is 9.40. The summed E-state index contributed by atoms with van der Waals surface area (Å²) in [6.07, 6.45) is 0.942. The lowest BCUT2D eigenvalue weighted by atomic mass is 9.98. The van der Waals surface area contributed by atoms with Crippen LogP contribution in [0.15, 0.2) is 16.6 Å². The van der Waals surface area contributed by atoms with E-state index in [1.807, 2.05) is 0 Å². The van der Waals surface area contributed by atoms with Crippen molar-refractivity contribution in [1.29, 1.82) is 0 Å². The summed E-state index contributed by atoms with van der Waals surface area (Å²) >= 11 is 3.48. The number of carboxylic acids is 1. The maximum Gasteiger partial charge on any atom is 0.307 e. The van der Waals surface area contributed by atoms with E-state index in [-0.39, 0.29) is 5.92 Å². The van der Waals surface area contributed by atoms with Gasteiger partial charge in [-0.25, -0.2) is 0 Å². The van der Waals surface area contributed by atoms with Gasteiger partial charge in [-0.3, -0.25) is 4.79 Å². The number of benzene rings is 1. The van der Waals surface area contributed by atoms with Gasteiger partial charge in [-0.05, 0) is 48.1 Å². The van der Waals surface area contributed by atoms with E-state index in [0.29, 0.717) is 11.8 Å². The van der Waals surface area contributed by atoms with E-state index < -0.39 is 5.97 Å². The molecule has 0 saturated heterocycles. The third kappa shape index (κ3) is 1.19. The number of aryl methyl sites for hydroxylation is 1. The Morgan fingerprint density at radius 3 is 2.93 bits per heavy atom. The van der Waals surface area contributed by atoms with Crippen molar-refractivity contribution >= 4 is 21.9 Å². The average molecular weight is 267 g/mol. The molecule has 1 fully saturated rings. The van der Waals surface area contributed by atoms with Crippen LogP contribution in [-0.4, -0.2) is 11.1 Å². The molecule has 15 heavy (non-hydrogen) atoms. The van der Waals surface area contributed by atoms with Gasteiger partial charge in [0.05, 0.1) is 5.92 Å². The molecule has 2 nitrogen and oxygen atoms in total. The molecule has 2 aliphatic carbocycles. The zero-order valence-corrected chi connectivity index (χ0v) is 9.91. The molecule has 0 spiro atoms. The van der Waals surface area contributed by atoms with E-state index >= 15 is 0 Å². The van der Waals surface area contributed by atoms with E-state index in [4.69, 9.17) is 5.11 Å². The predicted octanol–water partition coefficient (Wildman–Crippen LogP) is 2.73. The topological polar surface area (TPSA) is 37.3 Å². The molecule has 1 aromatic rings. The third-order valence-electron chi connectivity index (χ3n) is 3.68. The molecule has 2 aliphatic rings. The van der Waals surface area contributed by atoms with Crippen molar-refractivity contribution in [1.82, 2.24) is 0 Å². The van der Waals surface area contributed by atoms with Crippen molar-refractivity contribution in [2.24, 2.45) is 11.8 Å². The lowest BCUT2D eigenvalue weighted by molar-refractivity contribution is -0.139. The minimum absolute atomic E-state index is 0.114. The van der Waals surface area contributed by atoms with E-state index in [1.165, 1.54) is 16.7 Å². The van der Waals surface area contributed by atoms with Crippen LogP contribution in [0.3, 0.4) is 0 Å². The van der Waals surface area contributed by atoms with Gasteiger partial charge in [-0.15, -0.1) is 0 Å². The molecular formula is C12H11BrO2. The molecule has 3 heteroatoms. The molecular weight excluding hydrogens is 256 g/mol. The summed E-state index contributed by atoms with van der Waals surface area (Å²) < 4.78 is 1.10. The van der Waals surface area contributed by atoms with Gasteiger partial charge >= 0.3 is 5.97 Å². The van der Waals surface area contributed by atoms with Crippen molar-refractivity contribution in [2.45, 2.75) is 19.3 Å². The van der Waals surface area contributed by atoms with Gasteiger partial charge in [0.2, 0.25) is 0 Å². The summed E-state index contributed by atoms with van der Waals surface area (Å²) in [7, 11) is 0. The Kier molecular flexibility index (Phi) is 1.78. The molecule has 1 saturated carbocycles. The van der Waals surface area contributed by atoms with Crippen LogP contribution in [-0.2, 0) is 11.2 Å².